The Morgan fingerprint density at radius 3 is 2.82 bits per heavy atom. The molecule has 4 nitrogen and oxygen atoms in total. The number of hydrogen-bond donors (Lipinski definition) is 2. The van der Waals surface area contributed by atoms with Crippen LogP contribution in [0.1, 0.15) is 0 Å². The second kappa shape index (κ2) is 6.54. The maximum absolute atomic E-state index is 5.50. The molecule has 1 unspecified atom stereocenters. The highest BCUT2D eigenvalue weighted by molar-refractivity contribution is 7.80. The Morgan fingerprint density at radius 1 is 1.29 bits per heavy atom. The van der Waals surface area contributed by atoms with Crippen molar-refractivity contribution >= 4 is 23.0 Å². The van der Waals surface area contributed by atoms with E-state index in [1.165, 1.54) is 0 Å². The molecule has 1 atom stereocenters. The fourth-order valence-electron chi connectivity index (χ4n) is 1.56. The number of rotatable bonds is 3. The van der Waals surface area contributed by atoms with E-state index in [0.29, 0.717) is 31.5 Å². The van der Waals surface area contributed by atoms with Gasteiger partial charge in [0.15, 0.2) is 5.11 Å². The van der Waals surface area contributed by atoms with Gasteiger partial charge < -0.3 is 20.1 Å². The van der Waals surface area contributed by atoms with Gasteiger partial charge in [-0.3, -0.25) is 0 Å². The predicted octanol–water partition coefficient (Wildman–Crippen LogP) is 1.39. The molecule has 0 amide bonds. The van der Waals surface area contributed by atoms with Gasteiger partial charge in [-0.25, -0.2) is 0 Å². The van der Waals surface area contributed by atoms with Crippen LogP contribution in [0.2, 0.25) is 0 Å². The lowest BCUT2D eigenvalue weighted by Gasteiger charge is -2.23. The minimum atomic E-state index is 0.0827. The number of ether oxygens (including phenoxy) is 2. The lowest BCUT2D eigenvalue weighted by Crippen LogP contribution is -2.41. The van der Waals surface area contributed by atoms with E-state index in [0.717, 1.165) is 5.69 Å². The van der Waals surface area contributed by atoms with Crippen molar-refractivity contribution in [1.82, 2.24) is 5.32 Å². The van der Waals surface area contributed by atoms with Crippen molar-refractivity contribution in [3.8, 4) is 0 Å². The Kier molecular flexibility index (Phi) is 4.73. The van der Waals surface area contributed by atoms with Gasteiger partial charge in [0.05, 0.1) is 25.9 Å². The van der Waals surface area contributed by atoms with Crippen LogP contribution in [0.4, 0.5) is 5.69 Å². The zero-order valence-corrected chi connectivity index (χ0v) is 10.3. The first-order valence-corrected chi connectivity index (χ1v) is 6.04. The van der Waals surface area contributed by atoms with Crippen LogP contribution in [0.25, 0.3) is 0 Å². The van der Waals surface area contributed by atoms with Crippen LogP contribution in [-0.4, -0.2) is 37.6 Å². The molecular formula is C12H16N2O2S. The minimum Gasteiger partial charge on any atom is -0.376 e. The predicted molar refractivity (Wildman–Crippen MR) is 71.2 cm³/mol. The van der Waals surface area contributed by atoms with Crippen molar-refractivity contribution in [2.45, 2.75) is 6.10 Å². The monoisotopic (exact) mass is 252 g/mol. The maximum atomic E-state index is 5.50. The fraction of sp³-hybridized carbons (Fsp3) is 0.417. The van der Waals surface area contributed by atoms with Gasteiger partial charge in [-0.05, 0) is 24.4 Å². The smallest absolute Gasteiger partial charge is 0.170 e. The molecule has 1 aliphatic rings. The van der Waals surface area contributed by atoms with Crippen molar-refractivity contribution in [1.29, 1.82) is 0 Å². The molecule has 1 aliphatic heterocycles. The number of benzene rings is 1. The van der Waals surface area contributed by atoms with Gasteiger partial charge in [0.2, 0.25) is 0 Å². The third-order valence-electron chi connectivity index (χ3n) is 2.41. The molecule has 92 valence electrons. The Bertz CT molecular complexity index is 353. The molecule has 1 heterocycles. The number of anilines is 1. The van der Waals surface area contributed by atoms with E-state index in [2.05, 4.69) is 10.6 Å². The van der Waals surface area contributed by atoms with Crippen molar-refractivity contribution < 1.29 is 9.47 Å². The summed E-state index contributed by atoms with van der Waals surface area (Å²) in [6.07, 6.45) is 0.0827. The molecule has 0 saturated carbocycles. The number of hydrogen-bond acceptors (Lipinski definition) is 3. The molecule has 5 heteroatoms. The molecule has 0 aromatic heterocycles. The molecule has 0 aliphatic carbocycles. The molecule has 0 spiro atoms. The molecule has 2 rings (SSSR count). The first-order chi connectivity index (χ1) is 8.34. The average Bonchev–Trinajstić information content (AvgIpc) is 2.39. The summed E-state index contributed by atoms with van der Waals surface area (Å²) in [6.45, 7) is 2.63. The van der Waals surface area contributed by atoms with Crippen molar-refractivity contribution in [2.75, 3.05) is 31.7 Å². The van der Waals surface area contributed by atoms with Crippen LogP contribution in [0.5, 0.6) is 0 Å². The van der Waals surface area contributed by atoms with Gasteiger partial charge in [-0.2, -0.15) is 0 Å². The Balaban J connectivity index is 1.70. The summed E-state index contributed by atoms with van der Waals surface area (Å²) in [4.78, 5) is 0. The van der Waals surface area contributed by atoms with Gasteiger partial charge in [0.25, 0.3) is 0 Å². The number of thiocarbonyl (C=S) groups is 1. The lowest BCUT2D eigenvalue weighted by molar-refractivity contribution is -0.0849. The maximum Gasteiger partial charge on any atom is 0.170 e. The highest BCUT2D eigenvalue weighted by atomic mass is 32.1. The Labute approximate surface area is 106 Å². The zero-order valence-electron chi connectivity index (χ0n) is 9.52. The molecule has 1 fully saturated rings. The summed E-state index contributed by atoms with van der Waals surface area (Å²) >= 11 is 5.19. The lowest BCUT2D eigenvalue weighted by atomic mass is 10.3. The van der Waals surface area contributed by atoms with Crippen LogP contribution in [0.15, 0.2) is 30.3 Å². The summed E-state index contributed by atoms with van der Waals surface area (Å²) in [5, 5.41) is 6.82. The Hall–Kier alpha value is -1.17. The van der Waals surface area contributed by atoms with Crippen LogP contribution < -0.4 is 10.6 Å². The average molecular weight is 252 g/mol. The van der Waals surface area contributed by atoms with E-state index in [1.807, 2.05) is 30.3 Å². The Morgan fingerprint density at radius 2 is 2.12 bits per heavy atom. The zero-order chi connectivity index (χ0) is 11.9. The van der Waals surface area contributed by atoms with Crippen molar-refractivity contribution in [2.24, 2.45) is 0 Å². The quantitative estimate of drug-likeness (QED) is 0.796. The molecular weight excluding hydrogens is 236 g/mol. The first-order valence-electron chi connectivity index (χ1n) is 5.64. The van der Waals surface area contributed by atoms with E-state index >= 15 is 0 Å². The van der Waals surface area contributed by atoms with Gasteiger partial charge in [-0.1, -0.05) is 18.2 Å². The molecule has 0 bridgehead atoms. The molecule has 17 heavy (non-hydrogen) atoms. The van der Waals surface area contributed by atoms with Gasteiger partial charge in [0.1, 0.15) is 0 Å². The summed E-state index contributed by atoms with van der Waals surface area (Å²) in [5.41, 5.74) is 0.978. The summed E-state index contributed by atoms with van der Waals surface area (Å²) < 4.78 is 10.8. The van der Waals surface area contributed by atoms with E-state index < -0.39 is 0 Å². The molecule has 2 N–H and O–H groups in total. The largest absolute Gasteiger partial charge is 0.376 e. The van der Waals surface area contributed by atoms with Crippen LogP contribution in [0.3, 0.4) is 0 Å². The number of para-hydroxylation sites is 1. The van der Waals surface area contributed by atoms with Gasteiger partial charge in [-0.15, -0.1) is 0 Å². The second-order valence-electron chi connectivity index (χ2n) is 3.77. The van der Waals surface area contributed by atoms with E-state index in [-0.39, 0.29) is 6.10 Å². The molecule has 1 saturated heterocycles. The van der Waals surface area contributed by atoms with E-state index in [9.17, 15) is 0 Å². The normalized spacial score (nSPS) is 19.6. The highest BCUT2D eigenvalue weighted by Crippen LogP contribution is 2.04. The topological polar surface area (TPSA) is 42.5 Å². The van der Waals surface area contributed by atoms with E-state index in [4.69, 9.17) is 21.7 Å². The molecule has 0 radical (unpaired) electrons. The number of nitrogens with one attached hydrogen (secondary N) is 2. The fourth-order valence-corrected chi connectivity index (χ4v) is 1.76. The molecule has 1 aromatic carbocycles. The summed E-state index contributed by atoms with van der Waals surface area (Å²) in [7, 11) is 0. The summed E-state index contributed by atoms with van der Waals surface area (Å²) in [5.74, 6) is 0. The highest BCUT2D eigenvalue weighted by Gasteiger charge is 2.14. The van der Waals surface area contributed by atoms with Crippen LogP contribution in [-0.2, 0) is 9.47 Å². The second-order valence-corrected chi connectivity index (χ2v) is 4.18. The minimum absolute atomic E-state index is 0.0827. The van der Waals surface area contributed by atoms with Gasteiger partial charge >= 0.3 is 0 Å². The van der Waals surface area contributed by atoms with Crippen LogP contribution >= 0.6 is 12.2 Å². The third-order valence-corrected chi connectivity index (χ3v) is 2.65. The van der Waals surface area contributed by atoms with Crippen molar-refractivity contribution in [3.63, 3.8) is 0 Å². The first kappa shape index (κ1) is 12.3. The summed E-state index contributed by atoms with van der Waals surface area (Å²) in [6, 6.07) is 9.82. The van der Waals surface area contributed by atoms with Crippen molar-refractivity contribution in [3.05, 3.63) is 30.3 Å². The standard InChI is InChI=1S/C12H16N2O2S/c17-12(14-10-4-2-1-3-5-10)13-8-11-9-15-6-7-16-11/h1-5,11H,6-9H2,(H2,13,14,17). The van der Waals surface area contributed by atoms with Gasteiger partial charge in [0, 0.05) is 12.2 Å². The SMILES string of the molecule is S=C(NCC1COCCO1)Nc1ccccc1. The third kappa shape index (κ3) is 4.30. The molecule has 1 aromatic rings. The van der Waals surface area contributed by atoms with Crippen LogP contribution in [0, 0.1) is 0 Å². The van der Waals surface area contributed by atoms with E-state index in [1.54, 1.807) is 0 Å².